The quantitative estimate of drug-likeness (QED) is 0.101. The molecule has 0 saturated heterocycles. The molecular weight excluding hydrogens is 532 g/mol. The van der Waals surface area contributed by atoms with Crippen LogP contribution in [0.25, 0.3) is 10.9 Å². The van der Waals surface area contributed by atoms with Gasteiger partial charge in [-0.25, -0.2) is 0 Å². The van der Waals surface area contributed by atoms with Crippen LogP contribution in [0.4, 0.5) is 5.69 Å². The Morgan fingerprint density at radius 2 is 1.33 bits per heavy atom. The van der Waals surface area contributed by atoms with Crippen molar-refractivity contribution in [1.29, 1.82) is 0 Å². The molecular formula is C33H54N4O5. The Morgan fingerprint density at radius 1 is 0.810 bits per heavy atom. The first-order chi connectivity index (χ1) is 20.2. The Morgan fingerprint density at radius 3 is 1.83 bits per heavy atom. The Hall–Kier alpha value is -3.10. The van der Waals surface area contributed by atoms with Crippen LogP contribution in [0, 0.1) is 5.92 Å². The van der Waals surface area contributed by atoms with Gasteiger partial charge in [0.25, 0.3) is 5.56 Å². The maximum atomic E-state index is 13.3. The van der Waals surface area contributed by atoms with E-state index < -0.39 is 24.3 Å². The van der Waals surface area contributed by atoms with E-state index in [1.807, 2.05) is 0 Å². The van der Waals surface area contributed by atoms with Crippen molar-refractivity contribution in [2.24, 2.45) is 5.92 Å². The Bertz CT molecular complexity index is 1140. The third-order valence-corrected chi connectivity index (χ3v) is 7.92. The summed E-state index contributed by atoms with van der Waals surface area (Å²) in [7, 11) is 0. The average Bonchev–Trinajstić information content (AvgIpc) is 3.32. The number of aliphatic carboxylic acids is 1. The second-order valence-corrected chi connectivity index (χ2v) is 11.9. The van der Waals surface area contributed by atoms with Crippen molar-refractivity contribution in [3.63, 3.8) is 0 Å². The smallest absolute Gasteiger partial charge is 0.305 e. The SMILES string of the molecule is CCCCCCCCCCCCCCCCCCN(C(=O)C(C)C)C(CC(=O)O)C(=O)Nc1ccc2c(=O)[nH][nH]c2c1. The van der Waals surface area contributed by atoms with E-state index in [1.165, 1.54) is 81.9 Å². The third kappa shape index (κ3) is 12.8. The van der Waals surface area contributed by atoms with E-state index in [9.17, 15) is 24.3 Å². The summed E-state index contributed by atoms with van der Waals surface area (Å²) in [6, 6.07) is 3.65. The number of carbonyl (C=O) groups is 3. The van der Waals surface area contributed by atoms with Crippen molar-refractivity contribution in [3.05, 3.63) is 28.6 Å². The predicted octanol–water partition coefficient (Wildman–Crippen LogP) is 7.38. The van der Waals surface area contributed by atoms with Gasteiger partial charge in [0.2, 0.25) is 11.8 Å². The minimum atomic E-state index is -1.14. The molecule has 1 aromatic carbocycles. The fraction of sp³-hybridized carbons (Fsp3) is 0.697. The van der Waals surface area contributed by atoms with Crippen LogP contribution in [0.1, 0.15) is 130 Å². The zero-order valence-corrected chi connectivity index (χ0v) is 26.1. The Kier molecular flexibility index (Phi) is 16.6. The van der Waals surface area contributed by atoms with Crippen LogP contribution in [0.15, 0.2) is 23.0 Å². The first kappa shape index (κ1) is 35.1. The van der Waals surface area contributed by atoms with Gasteiger partial charge in [-0.2, -0.15) is 0 Å². The van der Waals surface area contributed by atoms with Crippen molar-refractivity contribution >= 4 is 34.4 Å². The van der Waals surface area contributed by atoms with Crippen LogP contribution in [0.5, 0.6) is 0 Å². The predicted molar refractivity (Wildman–Crippen MR) is 170 cm³/mol. The lowest BCUT2D eigenvalue weighted by molar-refractivity contribution is -0.146. The molecule has 1 atom stereocenters. The largest absolute Gasteiger partial charge is 0.481 e. The van der Waals surface area contributed by atoms with Crippen LogP contribution >= 0.6 is 0 Å². The van der Waals surface area contributed by atoms with Crippen molar-refractivity contribution < 1.29 is 19.5 Å². The molecule has 9 nitrogen and oxygen atoms in total. The van der Waals surface area contributed by atoms with Crippen molar-refractivity contribution in [3.8, 4) is 0 Å². The van der Waals surface area contributed by atoms with Crippen molar-refractivity contribution in [2.75, 3.05) is 11.9 Å². The Balaban J connectivity index is 1.77. The maximum Gasteiger partial charge on any atom is 0.305 e. The number of rotatable bonds is 23. The molecule has 1 heterocycles. The van der Waals surface area contributed by atoms with Gasteiger partial charge in [-0.1, -0.05) is 117 Å². The summed E-state index contributed by atoms with van der Waals surface area (Å²) >= 11 is 0. The number of benzene rings is 1. The van der Waals surface area contributed by atoms with Gasteiger partial charge >= 0.3 is 5.97 Å². The normalized spacial score (nSPS) is 12.1. The highest BCUT2D eigenvalue weighted by atomic mass is 16.4. The van der Waals surface area contributed by atoms with Crippen molar-refractivity contribution in [2.45, 2.75) is 136 Å². The molecule has 1 aromatic heterocycles. The fourth-order valence-corrected chi connectivity index (χ4v) is 5.43. The minimum Gasteiger partial charge on any atom is -0.481 e. The second-order valence-electron chi connectivity index (χ2n) is 11.9. The summed E-state index contributed by atoms with van der Waals surface area (Å²) in [6.45, 7) is 6.11. The van der Waals surface area contributed by atoms with E-state index in [4.69, 9.17) is 0 Å². The topological polar surface area (TPSA) is 135 Å². The molecule has 0 fully saturated rings. The summed E-state index contributed by atoms with van der Waals surface area (Å²) in [4.78, 5) is 51.3. The molecule has 1 unspecified atom stereocenters. The number of carboxylic acid groups (broad SMARTS) is 1. The first-order valence-electron chi connectivity index (χ1n) is 16.3. The van der Waals surface area contributed by atoms with Gasteiger partial charge < -0.3 is 15.3 Å². The number of unbranched alkanes of at least 4 members (excludes halogenated alkanes) is 15. The van der Waals surface area contributed by atoms with Gasteiger partial charge in [0, 0.05) is 18.2 Å². The molecule has 236 valence electrons. The number of nitrogens with zero attached hydrogens (tertiary/aromatic N) is 1. The van der Waals surface area contributed by atoms with Crippen LogP contribution in [-0.4, -0.2) is 50.6 Å². The zero-order chi connectivity index (χ0) is 30.7. The number of aromatic amines is 2. The van der Waals surface area contributed by atoms with Gasteiger partial charge in [0.15, 0.2) is 0 Å². The highest BCUT2D eigenvalue weighted by molar-refractivity contribution is 6.00. The molecule has 9 heteroatoms. The number of carboxylic acids is 1. The molecule has 0 aliphatic carbocycles. The molecule has 2 rings (SSSR count). The van der Waals surface area contributed by atoms with Crippen LogP contribution in [0.3, 0.4) is 0 Å². The molecule has 0 radical (unpaired) electrons. The number of aromatic nitrogens is 2. The first-order valence-corrected chi connectivity index (χ1v) is 16.3. The molecule has 2 amide bonds. The number of fused-ring (bicyclic) bond motifs is 1. The second kappa shape index (κ2) is 19.9. The number of nitrogens with one attached hydrogen (secondary N) is 3. The van der Waals surface area contributed by atoms with Gasteiger partial charge in [0.1, 0.15) is 6.04 Å². The summed E-state index contributed by atoms with van der Waals surface area (Å²) in [5.74, 6) is -2.30. The van der Waals surface area contributed by atoms with E-state index in [-0.39, 0.29) is 17.4 Å². The highest BCUT2D eigenvalue weighted by Crippen LogP contribution is 2.19. The summed E-state index contributed by atoms with van der Waals surface area (Å²) < 4.78 is 0. The van der Waals surface area contributed by atoms with E-state index in [0.29, 0.717) is 23.1 Å². The molecule has 4 N–H and O–H groups in total. The number of anilines is 1. The minimum absolute atomic E-state index is 0.234. The monoisotopic (exact) mass is 586 g/mol. The third-order valence-electron chi connectivity index (χ3n) is 7.92. The summed E-state index contributed by atoms with van der Waals surface area (Å²) in [5, 5.41) is 18.0. The summed E-state index contributed by atoms with van der Waals surface area (Å²) in [5.41, 5.74) is 0.674. The van der Waals surface area contributed by atoms with E-state index in [0.717, 1.165) is 25.7 Å². The Labute approximate surface area is 251 Å². The molecule has 0 spiro atoms. The molecule has 0 bridgehead atoms. The maximum absolute atomic E-state index is 13.3. The zero-order valence-electron chi connectivity index (χ0n) is 26.1. The van der Waals surface area contributed by atoms with E-state index >= 15 is 0 Å². The number of amides is 2. The van der Waals surface area contributed by atoms with Crippen LogP contribution < -0.4 is 10.9 Å². The molecule has 42 heavy (non-hydrogen) atoms. The van der Waals surface area contributed by atoms with Crippen LogP contribution in [-0.2, 0) is 14.4 Å². The van der Waals surface area contributed by atoms with Crippen LogP contribution in [0.2, 0.25) is 0 Å². The lowest BCUT2D eigenvalue weighted by atomic mass is 10.0. The number of H-pyrrole nitrogens is 2. The number of hydrogen-bond acceptors (Lipinski definition) is 4. The molecule has 0 aliphatic rings. The average molecular weight is 587 g/mol. The van der Waals surface area contributed by atoms with Gasteiger partial charge in [-0.05, 0) is 24.6 Å². The van der Waals surface area contributed by atoms with Gasteiger partial charge in [-0.15, -0.1) is 0 Å². The molecule has 2 aromatic rings. The summed E-state index contributed by atoms with van der Waals surface area (Å²) in [6.07, 6.45) is 19.4. The van der Waals surface area contributed by atoms with Crippen molar-refractivity contribution in [1.82, 2.24) is 15.1 Å². The van der Waals surface area contributed by atoms with Gasteiger partial charge in [-0.3, -0.25) is 29.4 Å². The number of hydrogen-bond donors (Lipinski definition) is 4. The lowest BCUT2D eigenvalue weighted by Crippen LogP contribution is -2.50. The number of carbonyl (C=O) groups excluding carboxylic acids is 2. The lowest BCUT2D eigenvalue weighted by Gasteiger charge is -2.31. The molecule has 0 aliphatic heterocycles. The van der Waals surface area contributed by atoms with E-state index in [1.54, 1.807) is 32.0 Å². The highest BCUT2D eigenvalue weighted by Gasteiger charge is 2.32. The fourth-order valence-electron chi connectivity index (χ4n) is 5.43. The van der Waals surface area contributed by atoms with Gasteiger partial charge in [0.05, 0.1) is 17.3 Å². The van der Waals surface area contributed by atoms with E-state index in [2.05, 4.69) is 22.4 Å². The standard InChI is InChI=1S/C33H54N4O5/c1-4-5-6-7-8-9-10-11-12-13-14-15-16-17-18-19-22-37(33(42)25(2)3)29(24-30(38)39)32(41)34-26-20-21-27-28(23-26)35-36-31(27)40/h20-21,23,25,29H,4-19,22,24H2,1-3H3,(H,34,41)(H,38,39)(H2,35,36,40). The molecule has 0 saturated carbocycles.